The van der Waals surface area contributed by atoms with E-state index in [1.165, 1.54) is 18.5 Å². The molecule has 0 atom stereocenters. The summed E-state index contributed by atoms with van der Waals surface area (Å²) in [7, 11) is 0. The van der Waals surface area contributed by atoms with Crippen molar-refractivity contribution >= 4 is 16.7 Å². The number of imidazole rings is 1. The van der Waals surface area contributed by atoms with E-state index in [-0.39, 0.29) is 17.0 Å². The number of aromatic amines is 1. The lowest BCUT2D eigenvalue weighted by Crippen LogP contribution is -1.89. The third kappa shape index (κ3) is 0.994. The van der Waals surface area contributed by atoms with Crippen LogP contribution in [0.1, 0.15) is 0 Å². The van der Waals surface area contributed by atoms with Crippen molar-refractivity contribution in [2.75, 3.05) is 0 Å². The Morgan fingerprint density at radius 2 is 2.31 bits per heavy atom. The lowest BCUT2D eigenvalue weighted by Gasteiger charge is -1.95. The van der Waals surface area contributed by atoms with Gasteiger partial charge in [0.2, 0.25) is 0 Å². The van der Waals surface area contributed by atoms with Gasteiger partial charge in [0.1, 0.15) is 0 Å². The lowest BCUT2D eigenvalue weighted by atomic mass is 10.2. The summed E-state index contributed by atoms with van der Waals surface area (Å²) in [4.78, 5) is 16.3. The van der Waals surface area contributed by atoms with Crippen molar-refractivity contribution in [2.45, 2.75) is 0 Å². The van der Waals surface area contributed by atoms with Crippen LogP contribution in [0.4, 0.5) is 5.69 Å². The van der Waals surface area contributed by atoms with Crippen molar-refractivity contribution < 1.29 is 10.0 Å². The van der Waals surface area contributed by atoms with Gasteiger partial charge in [-0.05, 0) is 12.1 Å². The smallest absolute Gasteiger partial charge is 0.338 e. The highest BCUT2D eigenvalue weighted by Crippen LogP contribution is 2.31. The molecular formula is C7H5N3O3. The molecule has 0 unspecified atom stereocenters. The summed E-state index contributed by atoms with van der Waals surface area (Å²) < 4.78 is 0. The molecule has 0 saturated heterocycles. The fraction of sp³-hybridized carbons (Fsp3) is 0. The van der Waals surface area contributed by atoms with E-state index in [0.717, 1.165) is 0 Å². The lowest BCUT2D eigenvalue weighted by molar-refractivity contribution is -0.384. The normalized spacial score (nSPS) is 10.5. The minimum absolute atomic E-state index is 0.171. The average molecular weight is 179 g/mol. The van der Waals surface area contributed by atoms with Crippen LogP contribution in [0.2, 0.25) is 0 Å². The highest BCUT2D eigenvalue weighted by atomic mass is 16.6. The molecule has 2 N–H and O–H groups in total. The second-order valence-electron chi connectivity index (χ2n) is 2.49. The molecule has 66 valence electrons. The summed E-state index contributed by atoms with van der Waals surface area (Å²) in [5.74, 6) is -0.371. The zero-order valence-corrected chi connectivity index (χ0v) is 6.39. The molecule has 0 bridgehead atoms. The Morgan fingerprint density at radius 1 is 1.54 bits per heavy atom. The molecule has 0 fully saturated rings. The van der Waals surface area contributed by atoms with Crippen molar-refractivity contribution in [2.24, 2.45) is 0 Å². The molecule has 0 aliphatic rings. The fourth-order valence-electron chi connectivity index (χ4n) is 1.16. The van der Waals surface area contributed by atoms with Gasteiger partial charge in [-0.15, -0.1) is 0 Å². The van der Waals surface area contributed by atoms with E-state index in [0.29, 0.717) is 5.52 Å². The molecule has 1 heterocycles. The molecule has 2 aromatic rings. The van der Waals surface area contributed by atoms with Crippen molar-refractivity contribution in [3.8, 4) is 5.75 Å². The summed E-state index contributed by atoms with van der Waals surface area (Å²) in [6.45, 7) is 0. The first-order valence-corrected chi connectivity index (χ1v) is 3.49. The quantitative estimate of drug-likeness (QED) is 0.507. The summed E-state index contributed by atoms with van der Waals surface area (Å²) >= 11 is 0. The largest absolute Gasteiger partial charge is 0.502 e. The molecular weight excluding hydrogens is 174 g/mol. The van der Waals surface area contributed by atoms with Gasteiger partial charge in [-0.3, -0.25) is 10.1 Å². The van der Waals surface area contributed by atoms with E-state index in [4.69, 9.17) is 0 Å². The number of phenolic OH excluding ortho intramolecular Hbond substituents is 1. The molecule has 0 amide bonds. The van der Waals surface area contributed by atoms with E-state index >= 15 is 0 Å². The first-order valence-electron chi connectivity index (χ1n) is 3.49. The van der Waals surface area contributed by atoms with Crippen LogP contribution >= 0.6 is 0 Å². The topological polar surface area (TPSA) is 92.0 Å². The predicted octanol–water partition coefficient (Wildman–Crippen LogP) is 1.18. The van der Waals surface area contributed by atoms with Gasteiger partial charge in [0.25, 0.3) is 0 Å². The molecule has 6 heteroatoms. The highest BCUT2D eigenvalue weighted by Gasteiger charge is 2.19. The van der Waals surface area contributed by atoms with Crippen molar-refractivity contribution in [1.29, 1.82) is 0 Å². The summed E-state index contributed by atoms with van der Waals surface area (Å²) in [6.07, 6.45) is 1.34. The highest BCUT2D eigenvalue weighted by molar-refractivity contribution is 5.87. The summed E-state index contributed by atoms with van der Waals surface area (Å²) in [6, 6.07) is 2.79. The van der Waals surface area contributed by atoms with E-state index in [1.54, 1.807) is 0 Å². The minimum Gasteiger partial charge on any atom is -0.502 e. The van der Waals surface area contributed by atoms with Crippen LogP contribution in [-0.4, -0.2) is 20.0 Å². The van der Waals surface area contributed by atoms with Crippen LogP contribution in [0.15, 0.2) is 18.5 Å². The molecule has 0 aliphatic heterocycles. The third-order valence-corrected chi connectivity index (χ3v) is 1.73. The Morgan fingerprint density at radius 3 is 3.00 bits per heavy atom. The summed E-state index contributed by atoms with van der Waals surface area (Å²) in [5.41, 5.74) is 0.341. The molecule has 13 heavy (non-hydrogen) atoms. The Hall–Kier alpha value is -2.11. The number of hydrogen-bond acceptors (Lipinski definition) is 4. The van der Waals surface area contributed by atoms with Crippen LogP contribution in [0, 0.1) is 10.1 Å². The second-order valence-corrected chi connectivity index (χ2v) is 2.49. The first kappa shape index (κ1) is 7.53. The number of aromatic hydroxyl groups is 1. The maximum atomic E-state index is 10.5. The number of H-pyrrole nitrogens is 1. The number of aromatic nitrogens is 2. The van der Waals surface area contributed by atoms with Gasteiger partial charge in [-0.1, -0.05) is 0 Å². The van der Waals surface area contributed by atoms with Crippen LogP contribution in [-0.2, 0) is 0 Å². The van der Waals surface area contributed by atoms with E-state index in [9.17, 15) is 15.2 Å². The number of fused-ring (bicyclic) bond motifs is 1. The molecule has 6 nitrogen and oxygen atoms in total. The second kappa shape index (κ2) is 2.44. The molecule has 1 aromatic carbocycles. The monoisotopic (exact) mass is 179 g/mol. The van der Waals surface area contributed by atoms with Gasteiger partial charge in [0.15, 0.2) is 11.3 Å². The molecule has 2 rings (SSSR count). The SMILES string of the molecule is O=[N+]([O-])c1c(O)ccc2[nH]cnc12. The van der Waals surface area contributed by atoms with Crippen LogP contribution in [0.5, 0.6) is 5.75 Å². The van der Waals surface area contributed by atoms with Crippen molar-refractivity contribution in [1.82, 2.24) is 9.97 Å². The molecule has 1 aromatic heterocycles. The van der Waals surface area contributed by atoms with Crippen LogP contribution in [0.25, 0.3) is 11.0 Å². The van der Waals surface area contributed by atoms with Gasteiger partial charge in [-0.25, -0.2) is 4.98 Å². The molecule has 0 aliphatic carbocycles. The molecule has 0 saturated carbocycles. The number of benzene rings is 1. The van der Waals surface area contributed by atoms with E-state index < -0.39 is 4.92 Å². The van der Waals surface area contributed by atoms with Crippen molar-refractivity contribution in [3.05, 3.63) is 28.6 Å². The van der Waals surface area contributed by atoms with Gasteiger partial charge < -0.3 is 10.1 Å². The van der Waals surface area contributed by atoms with Crippen LogP contribution in [0.3, 0.4) is 0 Å². The van der Waals surface area contributed by atoms with Gasteiger partial charge in [0, 0.05) is 0 Å². The fourth-order valence-corrected chi connectivity index (χ4v) is 1.16. The minimum atomic E-state index is -0.654. The zero-order chi connectivity index (χ0) is 9.42. The number of hydrogen-bond donors (Lipinski definition) is 2. The number of nitro benzene ring substituents is 1. The zero-order valence-electron chi connectivity index (χ0n) is 6.39. The predicted molar refractivity (Wildman–Crippen MR) is 44.4 cm³/mol. The van der Waals surface area contributed by atoms with Gasteiger partial charge in [0.05, 0.1) is 16.8 Å². The van der Waals surface area contributed by atoms with Crippen molar-refractivity contribution in [3.63, 3.8) is 0 Å². The molecule has 0 spiro atoms. The number of rotatable bonds is 1. The average Bonchev–Trinajstić information content (AvgIpc) is 2.50. The maximum absolute atomic E-state index is 10.5. The third-order valence-electron chi connectivity index (χ3n) is 1.73. The summed E-state index contributed by atoms with van der Waals surface area (Å²) in [5, 5.41) is 19.7. The van der Waals surface area contributed by atoms with Crippen LogP contribution < -0.4 is 0 Å². The number of phenols is 1. The first-order chi connectivity index (χ1) is 6.20. The van der Waals surface area contributed by atoms with Gasteiger partial charge in [-0.2, -0.15) is 0 Å². The number of nitrogens with one attached hydrogen (secondary N) is 1. The number of nitro groups is 1. The van der Waals surface area contributed by atoms with E-state index in [2.05, 4.69) is 9.97 Å². The Balaban J connectivity index is 2.88. The Labute approximate surface area is 72.0 Å². The Kier molecular flexibility index (Phi) is 1.42. The Bertz CT molecular complexity index is 477. The van der Waals surface area contributed by atoms with Gasteiger partial charge >= 0.3 is 5.69 Å². The maximum Gasteiger partial charge on any atom is 0.338 e. The molecule has 0 radical (unpaired) electrons. The number of nitrogens with zero attached hydrogens (tertiary/aromatic N) is 2. The van der Waals surface area contributed by atoms with E-state index in [1.807, 2.05) is 0 Å². The standard InChI is InChI=1S/C7H5N3O3/c11-5-2-1-4-6(9-3-8-4)7(5)10(12)13/h1-3,11H,(H,8,9).